The van der Waals surface area contributed by atoms with Crippen molar-refractivity contribution in [3.8, 4) is 0 Å². The van der Waals surface area contributed by atoms with Crippen LogP contribution in [0.3, 0.4) is 0 Å². The molecule has 12 nitrogen and oxygen atoms in total. The fraction of sp³-hybridized carbons (Fsp3) is 0.765. The molecule has 0 amide bonds. The van der Waals surface area contributed by atoms with E-state index in [0.29, 0.717) is 6.29 Å². The summed E-state index contributed by atoms with van der Waals surface area (Å²) in [6, 6.07) is 0. The van der Waals surface area contributed by atoms with Gasteiger partial charge in [-0.15, -0.1) is 0 Å². The van der Waals surface area contributed by atoms with E-state index >= 15 is 0 Å². The molecule has 0 N–H and O–H groups in total. The third-order valence-electron chi connectivity index (χ3n) is 3.92. The van der Waals surface area contributed by atoms with Crippen LogP contribution in [0.15, 0.2) is 0 Å². The van der Waals surface area contributed by atoms with Crippen LogP contribution in [0.2, 0.25) is 0 Å². The zero-order chi connectivity index (χ0) is 21.1. The number of methoxy groups -OCH3 is 1. The van der Waals surface area contributed by atoms with Gasteiger partial charge in [-0.25, -0.2) is 14.4 Å². The van der Waals surface area contributed by atoms with Crippen LogP contribution in [0, 0.1) is 0 Å². The normalized spacial score (nSPS) is 31.1. The van der Waals surface area contributed by atoms with Crippen molar-refractivity contribution in [3.63, 3.8) is 0 Å². The fourth-order valence-corrected chi connectivity index (χ4v) is 2.53. The Morgan fingerprint density at radius 3 is 1.79 bits per heavy atom. The summed E-state index contributed by atoms with van der Waals surface area (Å²) in [4.78, 5) is 46.5. The van der Waals surface area contributed by atoms with Crippen molar-refractivity contribution < 1.29 is 57.1 Å². The van der Waals surface area contributed by atoms with Crippen LogP contribution >= 0.6 is 0 Å². The minimum atomic E-state index is -1.25. The topological polar surface area (TPSA) is 142 Å². The van der Waals surface area contributed by atoms with Crippen molar-refractivity contribution in [3.05, 3.63) is 0 Å². The molecule has 0 aromatic rings. The first kappa shape index (κ1) is 23.3. The molecule has 0 radical (unpaired) electrons. The molecule has 2 aliphatic rings. The number of hydrogen-bond donors (Lipinski definition) is 0. The predicted molar refractivity (Wildman–Crippen MR) is 89.8 cm³/mol. The van der Waals surface area contributed by atoms with Gasteiger partial charge in [-0.3, -0.25) is 0 Å². The molecule has 0 spiro atoms. The standard InChI is InChI=1S/C17H24O12/c1-22-15(19)12-11(10-18)25-6-2-23-4-8-27-13-14(17(21)29-16(13)20)28-9-5-24-3-7-26-12/h10-14H,2-9H2,1H3/t11-,12+,13+,14?/m1/s1. The number of carbonyl (C=O) groups is 4. The van der Waals surface area contributed by atoms with Gasteiger partial charge in [-0.05, 0) is 0 Å². The number of carbonyl (C=O) groups excluding carboxylic acids is 4. The summed E-state index contributed by atoms with van der Waals surface area (Å²) in [5.41, 5.74) is 0. The second-order valence-corrected chi connectivity index (χ2v) is 5.83. The van der Waals surface area contributed by atoms with Crippen molar-refractivity contribution in [1.82, 2.24) is 0 Å². The molecule has 164 valence electrons. The molecular formula is C17H24O12. The second kappa shape index (κ2) is 12.6. The quantitative estimate of drug-likeness (QED) is 0.278. The Morgan fingerprint density at radius 2 is 1.31 bits per heavy atom. The number of aldehydes is 1. The molecule has 0 saturated carbocycles. The summed E-state index contributed by atoms with van der Waals surface area (Å²) in [5, 5.41) is 0. The highest BCUT2D eigenvalue weighted by molar-refractivity contribution is 5.99. The van der Waals surface area contributed by atoms with E-state index in [9.17, 15) is 19.2 Å². The SMILES string of the molecule is COC(=O)[C@H]1OCCOCCOC2C(=O)OC(=O)[C@H]2OCCOCCO[C@@H]1C=O. The Bertz CT molecular complexity index is 565. The zero-order valence-electron chi connectivity index (χ0n) is 15.9. The lowest BCUT2D eigenvalue weighted by Gasteiger charge is -2.22. The fourth-order valence-electron chi connectivity index (χ4n) is 2.53. The minimum Gasteiger partial charge on any atom is -0.467 e. The van der Waals surface area contributed by atoms with Gasteiger partial charge in [0.25, 0.3) is 0 Å². The van der Waals surface area contributed by atoms with Gasteiger partial charge in [0.05, 0.1) is 60.0 Å². The maximum absolute atomic E-state index is 11.9. The zero-order valence-corrected chi connectivity index (χ0v) is 15.9. The maximum Gasteiger partial charge on any atom is 0.346 e. The predicted octanol–water partition coefficient (Wildman–Crippen LogP) is -1.97. The molecule has 2 heterocycles. The van der Waals surface area contributed by atoms with E-state index in [1.165, 1.54) is 7.11 Å². The molecule has 0 aromatic carbocycles. The highest BCUT2D eigenvalue weighted by atomic mass is 16.7. The summed E-state index contributed by atoms with van der Waals surface area (Å²) in [5.74, 6) is -2.41. The van der Waals surface area contributed by atoms with Crippen LogP contribution < -0.4 is 0 Å². The minimum absolute atomic E-state index is 0.00554. The lowest BCUT2D eigenvalue weighted by Crippen LogP contribution is -2.41. The first-order valence-corrected chi connectivity index (χ1v) is 8.99. The molecule has 0 bridgehead atoms. The molecule has 2 aliphatic heterocycles. The summed E-state index contributed by atoms with van der Waals surface area (Å²) in [6.45, 7) is 0.260. The van der Waals surface area contributed by atoms with Gasteiger partial charge >= 0.3 is 17.9 Å². The van der Waals surface area contributed by atoms with Gasteiger partial charge < -0.3 is 42.7 Å². The van der Waals surface area contributed by atoms with E-state index in [1.807, 2.05) is 0 Å². The highest BCUT2D eigenvalue weighted by Gasteiger charge is 2.46. The van der Waals surface area contributed by atoms with Crippen molar-refractivity contribution >= 4 is 24.2 Å². The lowest BCUT2D eigenvalue weighted by molar-refractivity contribution is -0.170. The monoisotopic (exact) mass is 420 g/mol. The smallest absolute Gasteiger partial charge is 0.346 e. The van der Waals surface area contributed by atoms with Crippen LogP contribution in [0.1, 0.15) is 0 Å². The first-order valence-electron chi connectivity index (χ1n) is 8.99. The molecule has 29 heavy (non-hydrogen) atoms. The van der Waals surface area contributed by atoms with Crippen molar-refractivity contribution in [1.29, 1.82) is 0 Å². The summed E-state index contributed by atoms with van der Waals surface area (Å²) in [7, 11) is 1.17. The third-order valence-corrected chi connectivity index (χ3v) is 3.92. The van der Waals surface area contributed by atoms with E-state index in [-0.39, 0.29) is 52.9 Å². The maximum atomic E-state index is 11.9. The van der Waals surface area contributed by atoms with E-state index in [0.717, 1.165) is 0 Å². The van der Waals surface area contributed by atoms with Crippen LogP contribution in [-0.2, 0) is 57.1 Å². The largest absolute Gasteiger partial charge is 0.467 e. The number of esters is 3. The Morgan fingerprint density at radius 1 is 0.828 bits per heavy atom. The highest BCUT2D eigenvalue weighted by Crippen LogP contribution is 2.17. The molecule has 2 rings (SSSR count). The third kappa shape index (κ3) is 7.10. The Kier molecular flexibility index (Phi) is 10.1. The molecule has 12 heteroatoms. The molecule has 4 atom stereocenters. The van der Waals surface area contributed by atoms with Gasteiger partial charge in [-0.1, -0.05) is 0 Å². The summed E-state index contributed by atoms with van der Waals surface area (Å²) < 4.78 is 41.1. The average Bonchev–Trinajstić information content (AvgIpc) is 2.98. The number of hydrogen-bond acceptors (Lipinski definition) is 12. The average molecular weight is 420 g/mol. The lowest BCUT2D eigenvalue weighted by atomic mass is 10.2. The van der Waals surface area contributed by atoms with Crippen LogP contribution in [0.25, 0.3) is 0 Å². The molecule has 2 fully saturated rings. The van der Waals surface area contributed by atoms with Crippen molar-refractivity contribution in [2.45, 2.75) is 24.4 Å². The number of ether oxygens (including phenoxy) is 8. The van der Waals surface area contributed by atoms with Crippen LogP contribution in [-0.4, -0.2) is 109 Å². The van der Waals surface area contributed by atoms with Gasteiger partial charge in [-0.2, -0.15) is 0 Å². The van der Waals surface area contributed by atoms with E-state index < -0.39 is 42.3 Å². The van der Waals surface area contributed by atoms with Gasteiger partial charge in [0.1, 0.15) is 6.10 Å². The van der Waals surface area contributed by atoms with Crippen molar-refractivity contribution in [2.75, 3.05) is 60.0 Å². The molecule has 2 saturated heterocycles. The summed E-state index contributed by atoms with van der Waals surface area (Å²) in [6.07, 6.45) is -4.34. The first-order chi connectivity index (χ1) is 14.1. The van der Waals surface area contributed by atoms with Crippen LogP contribution in [0.5, 0.6) is 0 Å². The molecular weight excluding hydrogens is 396 g/mol. The molecule has 1 unspecified atom stereocenters. The number of rotatable bonds is 2. The van der Waals surface area contributed by atoms with E-state index in [2.05, 4.69) is 9.47 Å². The summed E-state index contributed by atoms with van der Waals surface area (Å²) >= 11 is 0. The van der Waals surface area contributed by atoms with Gasteiger partial charge in [0, 0.05) is 0 Å². The van der Waals surface area contributed by atoms with Gasteiger partial charge in [0.2, 0.25) is 0 Å². The number of cyclic esters (lactones) is 2. The Labute approximate surface area is 166 Å². The Balaban J connectivity index is 1.93. The van der Waals surface area contributed by atoms with Crippen molar-refractivity contribution in [2.24, 2.45) is 0 Å². The molecule has 0 aromatic heterocycles. The van der Waals surface area contributed by atoms with E-state index in [1.54, 1.807) is 0 Å². The van der Waals surface area contributed by atoms with E-state index in [4.69, 9.17) is 28.4 Å². The van der Waals surface area contributed by atoms with Gasteiger partial charge in [0.15, 0.2) is 24.6 Å². The Hall–Kier alpha value is -1.96. The number of fused-ring (bicyclic) bond motifs is 1. The van der Waals surface area contributed by atoms with Crippen LogP contribution in [0.4, 0.5) is 0 Å². The second-order valence-electron chi connectivity index (χ2n) is 5.83. The molecule has 0 aliphatic carbocycles.